The number of amides is 1. The molecule has 2 aromatic rings. The lowest BCUT2D eigenvalue weighted by Gasteiger charge is -2.07. The zero-order valence-corrected chi connectivity index (χ0v) is 11.5. The van der Waals surface area contributed by atoms with Gasteiger partial charge in [0.25, 0.3) is 5.91 Å². The van der Waals surface area contributed by atoms with Gasteiger partial charge in [-0.15, -0.1) is 0 Å². The Labute approximate surface area is 125 Å². The molecule has 0 atom stereocenters. The van der Waals surface area contributed by atoms with Gasteiger partial charge in [-0.2, -0.15) is 0 Å². The van der Waals surface area contributed by atoms with Crippen LogP contribution in [0.15, 0.2) is 42.7 Å². The molecule has 0 aliphatic carbocycles. The van der Waals surface area contributed by atoms with Crippen molar-refractivity contribution in [3.05, 3.63) is 53.3 Å². The molecule has 1 amide bonds. The number of aromatic nitrogens is 1. The first-order valence-corrected chi connectivity index (χ1v) is 6.29. The van der Waals surface area contributed by atoms with E-state index in [4.69, 9.17) is 21.4 Å². The second-order valence-electron chi connectivity index (χ2n) is 4.06. The van der Waals surface area contributed by atoms with Gasteiger partial charge >= 0.3 is 5.97 Å². The van der Waals surface area contributed by atoms with Crippen molar-refractivity contribution in [1.29, 1.82) is 0 Å². The molecule has 1 heterocycles. The van der Waals surface area contributed by atoms with Gasteiger partial charge in [-0.1, -0.05) is 17.7 Å². The first-order valence-electron chi connectivity index (χ1n) is 5.91. The number of carbonyl (C=O) groups excluding carboxylic acids is 1. The van der Waals surface area contributed by atoms with Gasteiger partial charge in [0.15, 0.2) is 6.61 Å². The molecule has 1 aromatic carbocycles. The summed E-state index contributed by atoms with van der Waals surface area (Å²) < 4.78 is 5.19. The fraction of sp³-hybridized carbons (Fsp3) is 0.0714. The third-order valence-corrected chi connectivity index (χ3v) is 2.67. The number of ether oxygens (including phenoxy) is 1. The smallest absolute Gasteiger partial charge is 0.337 e. The van der Waals surface area contributed by atoms with E-state index in [1.807, 2.05) is 0 Å². The number of anilines is 1. The molecule has 6 nitrogen and oxygen atoms in total. The molecule has 7 heteroatoms. The summed E-state index contributed by atoms with van der Waals surface area (Å²) >= 11 is 5.80. The van der Waals surface area contributed by atoms with Crippen molar-refractivity contribution in [1.82, 2.24) is 4.98 Å². The fourth-order valence-corrected chi connectivity index (χ4v) is 1.72. The largest absolute Gasteiger partial charge is 0.482 e. The molecule has 0 saturated carbocycles. The maximum absolute atomic E-state index is 11.7. The molecule has 0 bridgehead atoms. The molecule has 0 aliphatic heterocycles. The first-order chi connectivity index (χ1) is 10.0. The number of carboxylic acids is 1. The van der Waals surface area contributed by atoms with Crippen LogP contribution in [0.2, 0.25) is 5.02 Å². The Morgan fingerprint density at radius 1 is 1.29 bits per heavy atom. The van der Waals surface area contributed by atoms with Crippen molar-refractivity contribution >= 4 is 29.2 Å². The Kier molecular flexibility index (Phi) is 4.73. The lowest BCUT2D eigenvalue weighted by atomic mass is 10.3. The number of hydrogen-bond donors (Lipinski definition) is 2. The molecule has 108 valence electrons. The zero-order valence-electron chi connectivity index (χ0n) is 10.7. The van der Waals surface area contributed by atoms with Crippen LogP contribution in [0.4, 0.5) is 5.69 Å². The lowest BCUT2D eigenvalue weighted by Crippen LogP contribution is -2.20. The number of nitrogens with one attached hydrogen (secondary N) is 1. The quantitative estimate of drug-likeness (QED) is 0.885. The topological polar surface area (TPSA) is 88.5 Å². The van der Waals surface area contributed by atoms with Crippen molar-refractivity contribution in [3.8, 4) is 5.75 Å². The Morgan fingerprint density at radius 3 is 2.81 bits per heavy atom. The van der Waals surface area contributed by atoms with Gasteiger partial charge in [0.05, 0.1) is 11.8 Å². The highest BCUT2D eigenvalue weighted by Crippen LogP contribution is 2.15. The molecule has 0 spiro atoms. The zero-order chi connectivity index (χ0) is 15.2. The molecule has 0 radical (unpaired) electrons. The van der Waals surface area contributed by atoms with Crippen LogP contribution >= 0.6 is 11.6 Å². The van der Waals surface area contributed by atoms with Crippen LogP contribution in [0.1, 0.15) is 10.4 Å². The SMILES string of the molecule is O=C(COc1cncc(C(=O)O)c1)Nc1cccc(Cl)c1. The van der Waals surface area contributed by atoms with E-state index in [1.165, 1.54) is 18.5 Å². The summed E-state index contributed by atoms with van der Waals surface area (Å²) in [5.41, 5.74) is 0.538. The Bertz CT molecular complexity index is 676. The molecular formula is C14H11ClN2O4. The van der Waals surface area contributed by atoms with Crippen molar-refractivity contribution in [2.75, 3.05) is 11.9 Å². The number of pyridine rings is 1. The van der Waals surface area contributed by atoms with Gasteiger partial charge in [0.2, 0.25) is 0 Å². The fourth-order valence-electron chi connectivity index (χ4n) is 1.53. The van der Waals surface area contributed by atoms with E-state index in [0.29, 0.717) is 10.7 Å². The highest BCUT2D eigenvalue weighted by atomic mass is 35.5. The highest BCUT2D eigenvalue weighted by molar-refractivity contribution is 6.30. The number of benzene rings is 1. The second-order valence-corrected chi connectivity index (χ2v) is 4.50. The van der Waals surface area contributed by atoms with Crippen LogP contribution in [-0.4, -0.2) is 28.6 Å². The first kappa shape index (κ1) is 14.8. The maximum Gasteiger partial charge on any atom is 0.337 e. The summed E-state index contributed by atoms with van der Waals surface area (Å²) in [4.78, 5) is 26.2. The van der Waals surface area contributed by atoms with Crippen molar-refractivity contribution in [2.45, 2.75) is 0 Å². The predicted octanol–water partition coefficient (Wildman–Crippen LogP) is 2.45. The number of hydrogen-bond acceptors (Lipinski definition) is 4. The maximum atomic E-state index is 11.7. The minimum Gasteiger partial charge on any atom is -0.482 e. The monoisotopic (exact) mass is 306 g/mol. The van der Waals surface area contributed by atoms with Crippen LogP contribution in [-0.2, 0) is 4.79 Å². The molecule has 21 heavy (non-hydrogen) atoms. The average molecular weight is 307 g/mol. The number of halogens is 1. The second kappa shape index (κ2) is 6.71. The Morgan fingerprint density at radius 2 is 2.10 bits per heavy atom. The van der Waals surface area contributed by atoms with Crippen LogP contribution in [0.25, 0.3) is 0 Å². The molecular weight excluding hydrogens is 296 g/mol. The van der Waals surface area contributed by atoms with Crippen LogP contribution in [0, 0.1) is 0 Å². The normalized spacial score (nSPS) is 9.95. The Hall–Kier alpha value is -2.60. The van der Waals surface area contributed by atoms with Gasteiger partial charge < -0.3 is 15.2 Å². The standard InChI is InChI=1S/C14H11ClN2O4/c15-10-2-1-3-11(5-10)17-13(18)8-21-12-4-9(14(19)20)6-16-7-12/h1-7H,8H2,(H,17,18)(H,19,20). The molecule has 2 rings (SSSR count). The van der Waals surface area contributed by atoms with E-state index in [-0.39, 0.29) is 17.9 Å². The van der Waals surface area contributed by atoms with Crippen molar-refractivity contribution < 1.29 is 19.4 Å². The van der Waals surface area contributed by atoms with Gasteiger partial charge in [-0.3, -0.25) is 9.78 Å². The molecule has 2 N–H and O–H groups in total. The summed E-state index contributed by atoms with van der Waals surface area (Å²) in [5.74, 6) is -1.30. The summed E-state index contributed by atoms with van der Waals surface area (Å²) in [7, 11) is 0. The Balaban J connectivity index is 1.92. The number of carbonyl (C=O) groups is 2. The van der Waals surface area contributed by atoms with Crippen molar-refractivity contribution in [3.63, 3.8) is 0 Å². The van der Waals surface area contributed by atoms with E-state index in [1.54, 1.807) is 24.3 Å². The molecule has 0 aliphatic rings. The van der Waals surface area contributed by atoms with Gasteiger partial charge in [-0.25, -0.2) is 4.79 Å². The summed E-state index contributed by atoms with van der Waals surface area (Å²) in [6.07, 6.45) is 2.53. The van der Waals surface area contributed by atoms with Crippen molar-refractivity contribution in [2.24, 2.45) is 0 Å². The number of carboxylic acid groups (broad SMARTS) is 1. The van der Waals surface area contributed by atoms with Crippen LogP contribution < -0.4 is 10.1 Å². The minimum absolute atomic E-state index is 0.0113. The van der Waals surface area contributed by atoms with Crippen LogP contribution in [0.3, 0.4) is 0 Å². The average Bonchev–Trinajstić information content (AvgIpc) is 2.45. The third kappa shape index (κ3) is 4.47. The van der Waals surface area contributed by atoms with Gasteiger partial charge in [0.1, 0.15) is 5.75 Å². The van der Waals surface area contributed by atoms with Gasteiger partial charge in [0, 0.05) is 16.9 Å². The summed E-state index contributed by atoms with van der Waals surface area (Å²) in [6.45, 7) is -0.267. The molecule has 0 saturated heterocycles. The van der Waals surface area contributed by atoms with Crippen LogP contribution in [0.5, 0.6) is 5.75 Å². The lowest BCUT2D eigenvalue weighted by molar-refractivity contribution is -0.118. The van der Waals surface area contributed by atoms with E-state index in [0.717, 1.165) is 0 Å². The molecule has 0 fully saturated rings. The summed E-state index contributed by atoms with van der Waals surface area (Å²) in [6, 6.07) is 7.99. The minimum atomic E-state index is -1.11. The van der Waals surface area contributed by atoms with E-state index in [9.17, 15) is 9.59 Å². The highest BCUT2D eigenvalue weighted by Gasteiger charge is 2.07. The number of aromatic carboxylic acids is 1. The van der Waals surface area contributed by atoms with E-state index >= 15 is 0 Å². The predicted molar refractivity (Wildman–Crippen MR) is 76.8 cm³/mol. The molecule has 0 unspecified atom stereocenters. The van der Waals surface area contributed by atoms with E-state index < -0.39 is 11.9 Å². The number of nitrogens with zero attached hydrogens (tertiary/aromatic N) is 1. The van der Waals surface area contributed by atoms with E-state index in [2.05, 4.69) is 10.3 Å². The number of rotatable bonds is 5. The summed E-state index contributed by atoms with van der Waals surface area (Å²) in [5, 5.41) is 11.9. The molecule has 1 aromatic heterocycles. The van der Waals surface area contributed by atoms with Gasteiger partial charge in [-0.05, 0) is 24.3 Å². The third-order valence-electron chi connectivity index (χ3n) is 2.44.